The number of allylic oxidation sites excluding steroid dienone is 1. The number of benzene rings is 1. The maximum Gasteiger partial charge on any atom is 0.347 e. The Hall–Kier alpha value is -0.929. The van der Waals surface area contributed by atoms with Gasteiger partial charge < -0.3 is 13.0 Å². The van der Waals surface area contributed by atoms with Gasteiger partial charge in [-0.3, -0.25) is 0 Å². The van der Waals surface area contributed by atoms with E-state index in [1.54, 1.807) is 0 Å². The third-order valence-corrected chi connectivity index (χ3v) is 12.8. The van der Waals surface area contributed by atoms with Crippen molar-refractivity contribution in [1.82, 2.24) is 0 Å². The zero-order chi connectivity index (χ0) is 20.2. The van der Waals surface area contributed by atoms with Crippen LogP contribution in [0.2, 0.25) is 45.8 Å². The highest BCUT2D eigenvalue weighted by molar-refractivity contribution is 6.90. The molecule has 1 rings (SSSR count). The minimum atomic E-state index is -2.52. The molecule has 0 heterocycles. The third-order valence-electron chi connectivity index (χ3n) is 3.39. The summed E-state index contributed by atoms with van der Waals surface area (Å²) in [5.41, 5.74) is 2.46. The zero-order valence-corrected chi connectivity index (χ0v) is 21.0. The highest BCUT2D eigenvalue weighted by Crippen LogP contribution is 2.27. The van der Waals surface area contributed by atoms with E-state index < -0.39 is 25.2 Å². The van der Waals surface area contributed by atoms with Crippen molar-refractivity contribution in [2.24, 2.45) is 0 Å². The van der Waals surface area contributed by atoms with Crippen molar-refractivity contribution < 1.29 is 13.0 Å². The van der Waals surface area contributed by atoms with Crippen molar-refractivity contribution in [2.75, 3.05) is 6.61 Å². The molecule has 1 aromatic rings. The molecule has 0 atom stereocenters. The minimum Gasteiger partial charge on any atom is -0.489 e. The molecular formula is C20H36O3Si3. The van der Waals surface area contributed by atoms with Gasteiger partial charge in [0.05, 0.1) is 0 Å². The second kappa shape index (κ2) is 8.84. The number of ether oxygens (including phenoxy) is 1. The molecule has 0 N–H and O–H groups in total. The highest BCUT2D eigenvalue weighted by atomic mass is 28.5. The summed E-state index contributed by atoms with van der Waals surface area (Å²) in [6, 6.07) is 8.14. The number of rotatable bonds is 9. The lowest BCUT2D eigenvalue weighted by Crippen LogP contribution is -2.54. The predicted molar refractivity (Wildman–Crippen MR) is 121 cm³/mol. The molecule has 0 fully saturated rings. The molecule has 0 aromatic heterocycles. The van der Waals surface area contributed by atoms with E-state index in [0.717, 1.165) is 10.9 Å². The Labute approximate surface area is 163 Å². The molecule has 0 amide bonds. The van der Waals surface area contributed by atoms with Gasteiger partial charge in [0, 0.05) is 5.20 Å². The molecule has 6 heteroatoms. The quantitative estimate of drug-likeness (QED) is 0.445. The van der Waals surface area contributed by atoms with Crippen molar-refractivity contribution in [1.29, 1.82) is 0 Å². The van der Waals surface area contributed by atoms with Crippen LogP contribution in [0.15, 0.2) is 41.6 Å². The first kappa shape index (κ1) is 23.1. The largest absolute Gasteiger partial charge is 0.489 e. The maximum atomic E-state index is 6.52. The van der Waals surface area contributed by atoms with Gasteiger partial charge in [-0.15, -0.1) is 0 Å². The zero-order valence-electron chi connectivity index (χ0n) is 18.0. The lowest BCUT2D eigenvalue weighted by atomic mass is 10.1. The summed E-state index contributed by atoms with van der Waals surface area (Å²) < 4.78 is 19.0. The Morgan fingerprint density at radius 3 is 1.73 bits per heavy atom. The Balaban J connectivity index is 2.85. The summed E-state index contributed by atoms with van der Waals surface area (Å²) >= 11 is 0. The fourth-order valence-corrected chi connectivity index (χ4v) is 14.0. The van der Waals surface area contributed by atoms with Crippen molar-refractivity contribution in [3.05, 3.63) is 47.2 Å². The molecule has 0 saturated carbocycles. The molecule has 0 aliphatic heterocycles. The standard InChI is InChI=1S/C20H36O3Si3/c1-17(2)15-19-11-13-20(14-12-19)21-16-18(3)26(10,22-24(4,5)6)23-25(7,8)9/h11-15H,3,16H2,1-2,4-10H3. The van der Waals surface area contributed by atoms with Gasteiger partial charge in [0.2, 0.25) is 0 Å². The van der Waals surface area contributed by atoms with E-state index in [1.165, 1.54) is 11.1 Å². The summed E-state index contributed by atoms with van der Waals surface area (Å²) in [5.74, 6) is 0.842. The van der Waals surface area contributed by atoms with Crippen LogP contribution in [0.1, 0.15) is 19.4 Å². The number of hydrogen-bond donors (Lipinski definition) is 0. The molecular weight excluding hydrogens is 372 g/mol. The lowest BCUT2D eigenvalue weighted by Gasteiger charge is -2.39. The monoisotopic (exact) mass is 408 g/mol. The van der Waals surface area contributed by atoms with E-state index in [2.05, 4.69) is 84.5 Å². The van der Waals surface area contributed by atoms with Crippen LogP contribution < -0.4 is 4.74 Å². The molecule has 0 saturated heterocycles. The Morgan fingerprint density at radius 1 is 0.885 bits per heavy atom. The average Bonchev–Trinajstić information content (AvgIpc) is 2.41. The van der Waals surface area contributed by atoms with Crippen LogP contribution in [0.25, 0.3) is 6.08 Å². The second-order valence-corrected chi connectivity index (χ2v) is 21.7. The van der Waals surface area contributed by atoms with Crippen LogP contribution in [0.4, 0.5) is 0 Å². The van der Waals surface area contributed by atoms with Gasteiger partial charge in [-0.05, 0) is 77.4 Å². The van der Waals surface area contributed by atoms with Gasteiger partial charge in [0.15, 0.2) is 16.6 Å². The van der Waals surface area contributed by atoms with Crippen molar-refractivity contribution in [2.45, 2.75) is 59.7 Å². The van der Waals surface area contributed by atoms with Gasteiger partial charge in [-0.25, -0.2) is 0 Å². The van der Waals surface area contributed by atoms with Crippen LogP contribution in [-0.2, 0) is 8.23 Å². The molecule has 0 aliphatic rings. The van der Waals surface area contributed by atoms with Gasteiger partial charge >= 0.3 is 8.56 Å². The van der Waals surface area contributed by atoms with E-state index in [4.69, 9.17) is 13.0 Å². The van der Waals surface area contributed by atoms with Gasteiger partial charge in [0.1, 0.15) is 12.4 Å². The Morgan fingerprint density at radius 2 is 1.35 bits per heavy atom. The van der Waals surface area contributed by atoms with Gasteiger partial charge in [-0.1, -0.05) is 30.4 Å². The molecule has 0 aliphatic carbocycles. The van der Waals surface area contributed by atoms with E-state index in [9.17, 15) is 0 Å². The first-order valence-electron chi connectivity index (χ1n) is 9.17. The van der Waals surface area contributed by atoms with Crippen LogP contribution >= 0.6 is 0 Å². The fourth-order valence-electron chi connectivity index (χ4n) is 2.63. The van der Waals surface area contributed by atoms with E-state index in [0.29, 0.717) is 6.61 Å². The number of hydrogen-bond acceptors (Lipinski definition) is 3. The second-order valence-electron chi connectivity index (χ2n) is 9.06. The predicted octanol–water partition coefficient (Wildman–Crippen LogP) is 6.36. The SMILES string of the molecule is C=C(COc1ccc(C=C(C)C)cc1)[Si](C)(O[Si](C)(C)C)O[Si](C)(C)C. The third kappa shape index (κ3) is 8.64. The minimum absolute atomic E-state index is 0.430. The van der Waals surface area contributed by atoms with E-state index in [-0.39, 0.29) is 0 Å². The molecule has 1 aromatic carbocycles. The average molecular weight is 409 g/mol. The molecule has 0 unspecified atom stereocenters. The Kier molecular flexibility index (Phi) is 7.86. The summed E-state index contributed by atoms with van der Waals surface area (Å²) in [7, 11) is -6.02. The molecule has 3 nitrogen and oxygen atoms in total. The molecule has 146 valence electrons. The first-order valence-corrected chi connectivity index (χ1v) is 18.3. The van der Waals surface area contributed by atoms with Crippen molar-refractivity contribution in [3.8, 4) is 5.75 Å². The van der Waals surface area contributed by atoms with Crippen molar-refractivity contribution in [3.63, 3.8) is 0 Å². The molecule has 0 bridgehead atoms. The van der Waals surface area contributed by atoms with Crippen LogP contribution in [0, 0.1) is 0 Å². The molecule has 0 radical (unpaired) electrons. The summed E-state index contributed by atoms with van der Waals surface area (Å²) in [6.07, 6.45) is 2.15. The highest BCUT2D eigenvalue weighted by Gasteiger charge is 2.43. The van der Waals surface area contributed by atoms with E-state index in [1.807, 2.05) is 12.1 Å². The topological polar surface area (TPSA) is 27.7 Å². The maximum absolute atomic E-state index is 6.52. The summed E-state index contributed by atoms with van der Waals surface area (Å²) in [5, 5.41) is 0.954. The molecule has 26 heavy (non-hydrogen) atoms. The summed E-state index contributed by atoms with van der Waals surface area (Å²) in [6.45, 7) is 24.2. The fraction of sp³-hybridized carbons (Fsp3) is 0.500. The smallest absolute Gasteiger partial charge is 0.347 e. The molecule has 0 spiro atoms. The van der Waals surface area contributed by atoms with E-state index >= 15 is 0 Å². The normalized spacial score (nSPS) is 12.7. The van der Waals surface area contributed by atoms with Gasteiger partial charge in [-0.2, -0.15) is 0 Å². The van der Waals surface area contributed by atoms with Crippen LogP contribution in [0.5, 0.6) is 5.75 Å². The summed E-state index contributed by atoms with van der Waals surface area (Å²) in [4.78, 5) is 0. The first-order chi connectivity index (χ1) is 11.7. The van der Waals surface area contributed by atoms with Crippen LogP contribution in [0.3, 0.4) is 0 Å². The lowest BCUT2D eigenvalue weighted by molar-refractivity contribution is 0.337. The van der Waals surface area contributed by atoms with Gasteiger partial charge in [0.25, 0.3) is 0 Å². The van der Waals surface area contributed by atoms with Crippen LogP contribution in [-0.4, -0.2) is 31.8 Å². The van der Waals surface area contributed by atoms with Crippen molar-refractivity contribution >= 4 is 31.3 Å². The Bertz CT molecular complexity index is 618.